The van der Waals surface area contributed by atoms with E-state index in [9.17, 15) is 0 Å². The van der Waals surface area contributed by atoms with Crippen LogP contribution in [0, 0.1) is 0 Å². The number of hydrogen-bond donors (Lipinski definition) is 0. The van der Waals surface area contributed by atoms with Crippen LogP contribution in [0.15, 0.2) is 89.3 Å². The van der Waals surface area contributed by atoms with Crippen LogP contribution in [-0.2, 0) is 0 Å². The van der Waals surface area contributed by atoms with Gasteiger partial charge in [0, 0.05) is 18.6 Å². The minimum absolute atomic E-state index is 0.351. The van der Waals surface area contributed by atoms with Gasteiger partial charge in [-0.25, -0.2) is 14.0 Å². The van der Waals surface area contributed by atoms with E-state index in [2.05, 4.69) is 34.3 Å². The lowest BCUT2D eigenvalue weighted by Gasteiger charge is -2.18. The van der Waals surface area contributed by atoms with E-state index < -0.39 is 0 Å². The van der Waals surface area contributed by atoms with Crippen LogP contribution in [0.3, 0.4) is 0 Å². The van der Waals surface area contributed by atoms with Crippen molar-refractivity contribution in [2.24, 2.45) is 0 Å². The maximum Gasteiger partial charge on any atom is 0.238 e. The van der Waals surface area contributed by atoms with Crippen molar-refractivity contribution in [1.29, 1.82) is 0 Å². The first kappa shape index (κ1) is 18.5. The van der Waals surface area contributed by atoms with Gasteiger partial charge in [-0.2, -0.15) is 15.3 Å². The maximum atomic E-state index is 4.86. The summed E-state index contributed by atoms with van der Waals surface area (Å²) in [5.41, 5.74) is 2.82. The minimum atomic E-state index is -0.351. The second kappa shape index (κ2) is 7.77. The van der Waals surface area contributed by atoms with Crippen LogP contribution in [0.4, 0.5) is 0 Å². The molecule has 6 nitrogen and oxygen atoms in total. The Labute approximate surface area is 190 Å². The third-order valence-corrected chi connectivity index (χ3v) is 7.53. The molecule has 0 aliphatic rings. The highest BCUT2D eigenvalue weighted by Crippen LogP contribution is 2.28. The molecule has 0 saturated carbocycles. The third kappa shape index (κ3) is 3.46. The Morgan fingerprint density at radius 2 is 0.871 bits per heavy atom. The molecule has 0 fully saturated rings. The van der Waals surface area contributed by atoms with E-state index in [0.29, 0.717) is 0 Å². The van der Waals surface area contributed by atoms with Crippen molar-refractivity contribution in [2.45, 2.75) is 6.29 Å². The molecular weight excluding hydrogens is 444 g/mol. The lowest BCUT2D eigenvalue weighted by molar-refractivity contribution is 0.286. The van der Waals surface area contributed by atoms with Gasteiger partial charge in [-0.1, -0.05) is 18.2 Å². The molecule has 6 aromatic heterocycles. The summed E-state index contributed by atoms with van der Waals surface area (Å²) < 4.78 is 5.72. The lowest BCUT2D eigenvalue weighted by Crippen LogP contribution is -2.27. The van der Waals surface area contributed by atoms with Crippen molar-refractivity contribution in [2.75, 3.05) is 0 Å². The highest BCUT2D eigenvalue weighted by atomic mass is 32.1. The molecule has 0 saturated heterocycles. The second-order valence-electron chi connectivity index (χ2n) is 6.82. The SMILES string of the molecule is c1csc(-c2ccn(C(n3ccc(-c4cccs4)n3)n3ccc(-c4cccs4)n3)n2)c1. The van der Waals surface area contributed by atoms with Crippen LogP contribution in [0.5, 0.6) is 0 Å². The molecular formula is C22H16N6S3. The zero-order chi connectivity index (χ0) is 20.6. The number of hydrogen-bond acceptors (Lipinski definition) is 6. The summed E-state index contributed by atoms with van der Waals surface area (Å²) in [6.07, 6.45) is 5.60. The molecule has 31 heavy (non-hydrogen) atoms. The average Bonchev–Trinajstić information content (AvgIpc) is 3.61. The fourth-order valence-electron chi connectivity index (χ4n) is 3.43. The zero-order valence-electron chi connectivity index (χ0n) is 16.1. The normalized spacial score (nSPS) is 11.5. The van der Waals surface area contributed by atoms with Gasteiger partial charge in [0.2, 0.25) is 6.29 Å². The standard InChI is InChI=1S/C22H16N6S3/c1-4-19(29-13-1)16-7-10-26(23-16)22(27-11-8-17(24-27)20-5-2-14-30-20)28-12-9-18(25-28)21-6-3-15-31-21/h1-15,22H. The largest absolute Gasteiger partial charge is 0.238 e. The molecule has 0 aliphatic heterocycles. The van der Waals surface area contributed by atoms with Crippen LogP contribution in [-0.4, -0.2) is 29.3 Å². The van der Waals surface area contributed by atoms with Crippen LogP contribution in [0.25, 0.3) is 31.7 Å². The van der Waals surface area contributed by atoms with E-state index in [1.165, 1.54) is 0 Å². The smallest absolute Gasteiger partial charge is 0.227 e. The molecule has 0 spiro atoms. The van der Waals surface area contributed by atoms with Crippen LogP contribution in [0.1, 0.15) is 6.29 Å². The van der Waals surface area contributed by atoms with E-state index in [0.717, 1.165) is 31.7 Å². The van der Waals surface area contributed by atoms with Crippen molar-refractivity contribution < 1.29 is 0 Å². The van der Waals surface area contributed by atoms with Crippen molar-refractivity contribution in [3.8, 4) is 31.7 Å². The Hall–Kier alpha value is -3.27. The second-order valence-corrected chi connectivity index (χ2v) is 9.66. The van der Waals surface area contributed by atoms with Crippen molar-refractivity contribution >= 4 is 34.0 Å². The van der Waals surface area contributed by atoms with Gasteiger partial charge in [-0.15, -0.1) is 34.0 Å². The summed E-state index contributed by atoms with van der Waals surface area (Å²) >= 11 is 5.04. The lowest BCUT2D eigenvalue weighted by atomic mass is 10.3. The Morgan fingerprint density at radius 1 is 0.516 bits per heavy atom. The van der Waals surface area contributed by atoms with Crippen molar-refractivity contribution in [1.82, 2.24) is 29.3 Å². The molecule has 9 heteroatoms. The highest BCUT2D eigenvalue weighted by Gasteiger charge is 2.21. The zero-order valence-corrected chi connectivity index (χ0v) is 18.6. The highest BCUT2D eigenvalue weighted by molar-refractivity contribution is 7.14. The third-order valence-electron chi connectivity index (χ3n) is 4.86. The van der Waals surface area contributed by atoms with Crippen LogP contribution in [0.2, 0.25) is 0 Å². The summed E-state index contributed by atoms with van der Waals surface area (Å²) in [5.74, 6) is 0. The molecule has 0 atom stereocenters. The van der Waals surface area contributed by atoms with Gasteiger partial charge in [-0.05, 0) is 52.5 Å². The predicted octanol–water partition coefficient (Wildman–Crippen LogP) is 6.01. The number of nitrogens with zero attached hydrogens (tertiary/aromatic N) is 6. The van der Waals surface area contributed by atoms with Gasteiger partial charge in [-0.3, -0.25) is 0 Å². The molecule has 6 rings (SSSR count). The van der Waals surface area contributed by atoms with Gasteiger partial charge >= 0.3 is 0 Å². The molecule has 6 heterocycles. The summed E-state index contributed by atoms with van der Waals surface area (Å²) in [4.78, 5) is 3.41. The summed E-state index contributed by atoms with van der Waals surface area (Å²) in [6, 6.07) is 18.5. The summed E-state index contributed by atoms with van der Waals surface area (Å²) in [5, 5.41) is 20.8. The van der Waals surface area contributed by atoms with Crippen molar-refractivity contribution in [3.05, 3.63) is 89.3 Å². The Bertz CT molecular complexity index is 1210. The Kier molecular flexibility index (Phi) is 4.63. The van der Waals surface area contributed by atoms with E-state index >= 15 is 0 Å². The molecule has 0 amide bonds. The fraction of sp³-hybridized carbons (Fsp3) is 0.0455. The molecule has 0 N–H and O–H groups in total. The number of rotatable bonds is 6. The van der Waals surface area contributed by atoms with Gasteiger partial charge in [0.1, 0.15) is 17.1 Å². The first-order valence-electron chi connectivity index (χ1n) is 9.62. The van der Waals surface area contributed by atoms with E-state index in [-0.39, 0.29) is 6.29 Å². The Balaban J connectivity index is 1.44. The van der Waals surface area contributed by atoms with Crippen LogP contribution >= 0.6 is 34.0 Å². The molecule has 0 radical (unpaired) electrons. The summed E-state index contributed by atoms with van der Waals surface area (Å²) in [6.45, 7) is 0. The molecule has 152 valence electrons. The average molecular weight is 461 g/mol. The first-order chi connectivity index (χ1) is 15.3. The van der Waals surface area contributed by atoms with Crippen LogP contribution < -0.4 is 0 Å². The molecule has 0 aliphatic carbocycles. The van der Waals surface area contributed by atoms with E-state index in [1.807, 2.05) is 69.0 Å². The Morgan fingerprint density at radius 3 is 1.16 bits per heavy atom. The molecule has 6 aromatic rings. The number of aromatic nitrogens is 6. The summed E-state index contributed by atoms with van der Waals surface area (Å²) in [7, 11) is 0. The fourth-order valence-corrected chi connectivity index (χ4v) is 5.50. The van der Waals surface area contributed by atoms with Crippen molar-refractivity contribution in [3.63, 3.8) is 0 Å². The molecule has 0 aromatic carbocycles. The van der Waals surface area contributed by atoms with Gasteiger partial charge in [0.15, 0.2) is 0 Å². The predicted molar refractivity (Wildman–Crippen MR) is 126 cm³/mol. The van der Waals surface area contributed by atoms with Gasteiger partial charge in [0.05, 0.1) is 14.6 Å². The number of thiophene rings is 3. The quantitative estimate of drug-likeness (QED) is 0.306. The maximum absolute atomic E-state index is 4.86. The van der Waals surface area contributed by atoms with Gasteiger partial charge < -0.3 is 0 Å². The molecule has 0 unspecified atom stereocenters. The van der Waals surface area contributed by atoms with Gasteiger partial charge in [0.25, 0.3) is 0 Å². The monoisotopic (exact) mass is 460 g/mol. The molecule has 0 bridgehead atoms. The topological polar surface area (TPSA) is 53.5 Å². The first-order valence-corrected chi connectivity index (χ1v) is 12.3. The van der Waals surface area contributed by atoms with E-state index in [1.54, 1.807) is 34.0 Å². The minimum Gasteiger partial charge on any atom is -0.227 e. The van der Waals surface area contributed by atoms with E-state index in [4.69, 9.17) is 15.3 Å².